The van der Waals surface area contributed by atoms with Crippen LogP contribution in [-0.4, -0.2) is 18.2 Å². The largest absolute Gasteiger partial charge is 0.444 e. The molecule has 0 unspecified atom stereocenters. The van der Waals surface area contributed by atoms with Crippen LogP contribution in [0.3, 0.4) is 0 Å². The molecule has 0 atom stereocenters. The third-order valence-corrected chi connectivity index (χ3v) is 1.72. The van der Waals surface area contributed by atoms with Crippen LogP contribution in [0.15, 0.2) is 0 Å². The lowest BCUT2D eigenvalue weighted by Crippen LogP contribution is -2.33. The lowest BCUT2D eigenvalue weighted by atomic mass is 10.2. The highest BCUT2D eigenvalue weighted by Gasteiger charge is 2.21. The van der Waals surface area contributed by atoms with Crippen molar-refractivity contribution in [3.05, 3.63) is 6.42 Å². The van der Waals surface area contributed by atoms with E-state index in [4.69, 9.17) is 4.74 Å². The molecule has 0 spiro atoms. The molecule has 0 heterocycles. The lowest BCUT2D eigenvalue weighted by molar-refractivity contribution is 0.0532. The maximum absolute atomic E-state index is 11.1. The molecule has 0 aliphatic heterocycles. The minimum absolute atomic E-state index is 0.329. The van der Waals surface area contributed by atoms with Crippen molar-refractivity contribution in [2.24, 2.45) is 5.92 Å². The van der Waals surface area contributed by atoms with Gasteiger partial charge in [0.25, 0.3) is 0 Å². The zero-order valence-corrected chi connectivity index (χ0v) is 8.59. The first-order chi connectivity index (χ1) is 5.97. The third kappa shape index (κ3) is 5.50. The van der Waals surface area contributed by atoms with E-state index in [0.717, 1.165) is 5.92 Å². The van der Waals surface area contributed by atoms with Crippen molar-refractivity contribution >= 4 is 6.09 Å². The molecule has 13 heavy (non-hydrogen) atoms. The van der Waals surface area contributed by atoms with Gasteiger partial charge in [-0.05, 0) is 46.0 Å². The zero-order chi connectivity index (χ0) is 9.90. The van der Waals surface area contributed by atoms with Crippen LogP contribution >= 0.6 is 0 Å². The van der Waals surface area contributed by atoms with E-state index in [9.17, 15) is 4.79 Å². The number of carbonyl (C=O) groups excluding carboxylic acids is 1. The molecule has 0 bridgehead atoms. The molecule has 1 aliphatic rings. The maximum atomic E-state index is 11.1. The van der Waals surface area contributed by atoms with Gasteiger partial charge in [-0.2, -0.15) is 0 Å². The van der Waals surface area contributed by atoms with Gasteiger partial charge in [0.1, 0.15) is 5.60 Å². The number of nitrogens with one attached hydrogen (secondary N) is 1. The standard InChI is InChI=1S/C10H18NO2/c1-10(2,3)13-9(12)11-7-6-8-4-5-8/h6,8H,4-5,7H2,1-3H3,(H,11,12). The fraction of sp³-hybridized carbons (Fsp3) is 0.800. The molecular weight excluding hydrogens is 166 g/mol. The van der Waals surface area contributed by atoms with Gasteiger partial charge in [0.2, 0.25) is 0 Å². The zero-order valence-electron chi connectivity index (χ0n) is 8.59. The van der Waals surface area contributed by atoms with Crippen LogP contribution in [0.5, 0.6) is 0 Å². The Bertz CT molecular complexity index is 180. The van der Waals surface area contributed by atoms with E-state index in [1.807, 2.05) is 20.8 Å². The van der Waals surface area contributed by atoms with E-state index >= 15 is 0 Å². The summed E-state index contributed by atoms with van der Waals surface area (Å²) in [5.41, 5.74) is -0.399. The predicted molar refractivity (Wildman–Crippen MR) is 51.3 cm³/mol. The molecule has 1 radical (unpaired) electrons. The van der Waals surface area contributed by atoms with Gasteiger partial charge in [-0.15, -0.1) is 0 Å². The van der Waals surface area contributed by atoms with Crippen molar-refractivity contribution in [3.63, 3.8) is 0 Å². The van der Waals surface area contributed by atoms with E-state index in [1.54, 1.807) is 0 Å². The molecule has 1 saturated carbocycles. The van der Waals surface area contributed by atoms with E-state index in [2.05, 4.69) is 11.7 Å². The van der Waals surface area contributed by atoms with E-state index in [0.29, 0.717) is 6.54 Å². The van der Waals surface area contributed by atoms with Gasteiger partial charge in [-0.1, -0.05) is 0 Å². The number of ether oxygens (including phenoxy) is 1. The summed E-state index contributed by atoms with van der Waals surface area (Å²) in [5, 5.41) is 2.69. The molecule has 1 aliphatic carbocycles. The molecule has 0 aromatic rings. The number of rotatable bonds is 3. The van der Waals surface area contributed by atoms with Crippen LogP contribution in [-0.2, 0) is 4.74 Å². The normalized spacial score (nSPS) is 16.8. The number of carbonyl (C=O) groups is 1. The van der Waals surface area contributed by atoms with Gasteiger partial charge in [0, 0.05) is 6.54 Å². The van der Waals surface area contributed by atoms with E-state index in [1.165, 1.54) is 12.8 Å². The number of amides is 1. The van der Waals surface area contributed by atoms with Crippen molar-refractivity contribution in [1.82, 2.24) is 5.32 Å². The smallest absolute Gasteiger partial charge is 0.407 e. The summed E-state index contributed by atoms with van der Waals surface area (Å²) < 4.78 is 5.07. The van der Waals surface area contributed by atoms with Crippen LogP contribution in [0.1, 0.15) is 33.6 Å². The first-order valence-electron chi connectivity index (χ1n) is 4.77. The lowest BCUT2D eigenvalue weighted by Gasteiger charge is -2.19. The van der Waals surface area contributed by atoms with Crippen LogP contribution in [0.2, 0.25) is 0 Å². The molecule has 0 aromatic carbocycles. The second-order valence-electron chi connectivity index (χ2n) is 4.46. The molecule has 1 rings (SSSR count). The van der Waals surface area contributed by atoms with Gasteiger partial charge in [0.15, 0.2) is 0 Å². The fourth-order valence-electron chi connectivity index (χ4n) is 0.955. The second kappa shape index (κ2) is 3.99. The molecule has 1 amide bonds. The second-order valence-corrected chi connectivity index (χ2v) is 4.46. The molecule has 3 nitrogen and oxygen atoms in total. The summed E-state index contributed by atoms with van der Waals surface area (Å²) in [6.07, 6.45) is 4.35. The highest BCUT2D eigenvalue weighted by atomic mass is 16.6. The van der Waals surface area contributed by atoms with Crippen LogP contribution in [0, 0.1) is 12.3 Å². The van der Waals surface area contributed by atoms with E-state index < -0.39 is 5.60 Å². The average Bonchev–Trinajstić information content (AvgIpc) is 2.66. The van der Waals surface area contributed by atoms with Gasteiger partial charge < -0.3 is 10.1 Å². The quantitative estimate of drug-likeness (QED) is 0.729. The van der Waals surface area contributed by atoms with Crippen LogP contribution < -0.4 is 5.32 Å². The Kier molecular flexibility index (Phi) is 3.17. The molecular formula is C10H18NO2. The summed E-state index contributed by atoms with van der Waals surface area (Å²) in [5.74, 6) is 0.731. The Morgan fingerprint density at radius 3 is 2.62 bits per heavy atom. The molecule has 75 valence electrons. The summed E-state index contributed by atoms with van der Waals surface area (Å²) in [6, 6.07) is 0. The fourth-order valence-corrected chi connectivity index (χ4v) is 0.955. The number of alkyl carbamates (subject to hydrolysis) is 1. The average molecular weight is 184 g/mol. The molecule has 3 heteroatoms. The first-order valence-corrected chi connectivity index (χ1v) is 4.77. The summed E-state index contributed by atoms with van der Waals surface area (Å²) in [6.45, 7) is 6.20. The first kappa shape index (κ1) is 10.4. The summed E-state index contributed by atoms with van der Waals surface area (Å²) >= 11 is 0. The van der Waals surface area contributed by atoms with Crippen molar-refractivity contribution in [2.45, 2.75) is 39.2 Å². The summed E-state index contributed by atoms with van der Waals surface area (Å²) in [7, 11) is 0. The van der Waals surface area contributed by atoms with Crippen molar-refractivity contribution in [3.8, 4) is 0 Å². The Hall–Kier alpha value is -0.730. The van der Waals surface area contributed by atoms with Gasteiger partial charge >= 0.3 is 6.09 Å². The van der Waals surface area contributed by atoms with Crippen molar-refractivity contribution in [2.75, 3.05) is 6.54 Å². The van der Waals surface area contributed by atoms with E-state index in [-0.39, 0.29) is 6.09 Å². The third-order valence-electron chi connectivity index (χ3n) is 1.72. The number of hydrogen-bond donors (Lipinski definition) is 1. The van der Waals surface area contributed by atoms with Crippen molar-refractivity contribution < 1.29 is 9.53 Å². The van der Waals surface area contributed by atoms with Gasteiger partial charge in [-0.3, -0.25) is 0 Å². The molecule has 1 N–H and O–H groups in total. The monoisotopic (exact) mass is 184 g/mol. The minimum Gasteiger partial charge on any atom is -0.444 e. The Morgan fingerprint density at radius 1 is 1.54 bits per heavy atom. The van der Waals surface area contributed by atoms with Crippen LogP contribution in [0.25, 0.3) is 0 Å². The highest BCUT2D eigenvalue weighted by Crippen LogP contribution is 2.30. The number of hydrogen-bond acceptors (Lipinski definition) is 2. The summed E-state index contributed by atoms with van der Waals surface area (Å²) in [4.78, 5) is 11.1. The highest BCUT2D eigenvalue weighted by molar-refractivity contribution is 5.67. The van der Waals surface area contributed by atoms with Crippen LogP contribution in [0.4, 0.5) is 4.79 Å². The topological polar surface area (TPSA) is 38.3 Å². The SMILES string of the molecule is CC(C)(C)OC(=O)NC[CH]C1CC1. The van der Waals surface area contributed by atoms with Gasteiger partial charge in [-0.25, -0.2) is 4.79 Å². The molecule has 1 fully saturated rings. The van der Waals surface area contributed by atoms with Gasteiger partial charge in [0.05, 0.1) is 0 Å². The van der Waals surface area contributed by atoms with Crippen molar-refractivity contribution in [1.29, 1.82) is 0 Å². The Balaban J connectivity index is 2.02. The Morgan fingerprint density at radius 2 is 2.15 bits per heavy atom. The Labute approximate surface area is 79.8 Å². The molecule has 0 aromatic heterocycles. The molecule has 0 saturated heterocycles. The maximum Gasteiger partial charge on any atom is 0.407 e. The minimum atomic E-state index is -0.399. The predicted octanol–water partition coefficient (Wildman–Crippen LogP) is 2.13.